The monoisotopic (exact) mass is 446 g/mol. The molecular formula is C23H31FN4O2S. The van der Waals surface area contributed by atoms with Crippen LogP contribution in [0.15, 0.2) is 47.4 Å². The maximum Gasteiger partial charge on any atom is 0.240 e. The summed E-state index contributed by atoms with van der Waals surface area (Å²) in [4.78, 5) is 6.87. The highest BCUT2D eigenvalue weighted by atomic mass is 32.2. The Hall–Kier alpha value is -2.00. The van der Waals surface area contributed by atoms with Gasteiger partial charge in [0.15, 0.2) is 0 Å². The molecule has 0 aromatic heterocycles. The van der Waals surface area contributed by atoms with Gasteiger partial charge in [-0.2, -0.15) is 0 Å². The average Bonchev–Trinajstić information content (AvgIpc) is 2.75. The van der Waals surface area contributed by atoms with E-state index in [9.17, 15) is 12.8 Å². The summed E-state index contributed by atoms with van der Waals surface area (Å²) in [5.74, 6) is -0.558. The number of nitrogens with zero attached hydrogens (tertiary/aromatic N) is 3. The zero-order chi connectivity index (χ0) is 22.0. The first-order chi connectivity index (χ1) is 14.8. The van der Waals surface area contributed by atoms with E-state index in [1.165, 1.54) is 29.4 Å². The Morgan fingerprint density at radius 2 is 1.81 bits per heavy atom. The van der Waals surface area contributed by atoms with Crippen molar-refractivity contribution in [3.05, 3.63) is 59.4 Å². The van der Waals surface area contributed by atoms with Crippen molar-refractivity contribution in [3.63, 3.8) is 0 Å². The van der Waals surface area contributed by atoms with E-state index in [1.807, 2.05) is 0 Å². The Morgan fingerprint density at radius 3 is 2.55 bits per heavy atom. The number of sulfonamides is 1. The van der Waals surface area contributed by atoms with Crippen molar-refractivity contribution in [3.8, 4) is 0 Å². The second kappa shape index (κ2) is 9.24. The highest BCUT2D eigenvalue weighted by Crippen LogP contribution is 2.31. The van der Waals surface area contributed by atoms with E-state index >= 15 is 0 Å². The van der Waals surface area contributed by atoms with Gasteiger partial charge in [0.2, 0.25) is 10.0 Å². The molecule has 2 aliphatic rings. The molecule has 0 saturated carbocycles. The number of rotatable bonds is 6. The molecule has 2 aromatic rings. The van der Waals surface area contributed by atoms with Gasteiger partial charge in [0, 0.05) is 58.0 Å². The Bertz CT molecular complexity index is 1020. The summed E-state index contributed by atoms with van der Waals surface area (Å²) in [6.45, 7) is 4.94. The van der Waals surface area contributed by atoms with Gasteiger partial charge in [-0.1, -0.05) is 18.2 Å². The van der Waals surface area contributed by atoms with E-state index in [2.05, 4.69) is 51.7 Å². The fourth-order valence-corrected chi connectivity index (χ4v) is 5.58. The molecule has 0 bridgehead atoms. The number of fused-ring (bicyclic) bond motifs is 1. The maximum atomic E-state index is 13.6. The second-order valence-electron chi connectivity index (χ2n) is 8.58. The van der Waals surface area contributed by atoms with Gasteiger partial charge in [-0.05, 0) is 55.3 Å². The third kappa shape index (κ3) is 5.09. The van der Waals surface area contributed by atoms with E-state index in [0.29, 0.717) is 0 Å². The summed E-state index contributed by atoms with van der Waals surface area (Å²) in [5, 5.41) is 0. The van der Waals surface area contributed by atoms with Crippen LogP contribution in [0, 0.1) is 5.82 Å². The highest BCUT2D eigenvalue weighted by molar-refractivity contribution is 7.89. The van der Waals surface area contributed by atoms with Crippen molar-refractivity contribution >= 4 is 15.7 Å². The summed E-state index contributed by atoms with van der Waals surface area (Å²) in [7, 11) is 0.422. The van der Waals surface area contributed by atoms with E-state index in [1.54, 1.807) is 0 Å². The molecule has 0 amide bonds. The number of nitrogens with one attached hydrogen (secondary N) is 1. The Morgan fingerprint density at radius 1 is 1.03 bits per heavy atom. The minimum atomic E-state index is -3.80. The zero-order valence-electron chi connectivity index (χ0n) is 18.2. The van der Waals surface area contributed by atoms with Gasteiger partial charge < -0.3 is 9.80 Å². The Balaban J connectivity index is 1.59. The average molecular weight is 447 g/mol. The first kappa shape index (κ1) is 22.2. The number of hydrogen-bond acceptors (Lipinski definition) is 5. The fourth-order valence-electron chi connectivity index (χ4n) is 4.51. The van der Waals surface area contributed by atoms with Crippen LogP contribution in [0.25, 0.3) is 0 Å². The minimum absolute atomic E-state index is 0.0447. The first-order valence-corrected chi connectivity index (χ1v) is 12.3. The van der Waals surface area contributed by atoms with E-state index in [0.717, 1.165) is 57.2 Å². The Kier molecular flexibility index (Phi) is 6.62. The minimum Gasteiger partial charge on any atom is -0.374 e. The molecule has 2 aromatic carbocycles. The molecule has 0 spiro atoms. The smallest absolute Gasteiger partial charge is 0.240 e. The molecule has 4 rings (SSSR count). The van der Waals surface area contributed by atoms with Crippen molar-refractivity contribution < 1.29 is 12.8 Å². The lowest BCUT2D eigenvalue weighted by molar-refractivity contribution is 0.113. The predicted molar refractivity (Wildman–Crippen MR) is 121 cm³/mol. The molecule has 6 nitrogen and oxygen atoms in total. The molecule has 1 fully saturated rings. The van der Waals surface area contributed by atoms with Crippen LogP contribution in [0.3, 0.4) is 0 Å². The molecule has 1 atom stereocenters. The van der Waals surface area contributed by atoms with Crippen LogP contribution in [0.5, 0.6) is 0 Å². The number of benzene rings is 2. The normalized spacial score (nSPS) is 19.3. The van der Waals surface area contributed by atoms with Gasteiger partial charge in [-0.15, -0.1) is 0 Å². The molecule has 2 heterocycles. The molecular weight excluding hydrogens is 415 g/mol. The summed E-state index contributed by atoms with van der Waals surface area (Å²) < 4.78 is 41.9. The van der Waals surface area contributed by atoms with Crippen molar-refractivity contribution in [1.82, 2.24) is 14.5 Å². The topological polar surface area (TPSA) is 55.9 Å². The summed E-state index contributed by atoms with van der Waals surface area (Å²) in [5.41, 5.74) is 3.70. The molecule has 2 aliphatic heterocycles. The van der Waals surface area contributed by atoms with Gasteiger partial charge in [0.25, 0.3) is 0 Å². The van der Waals surface area contributed by atoms with Crippen LogP contribution in [0.2, 0.25) is 0 Å². The third-order valence-corrected chi connectivity index (χ3v) is 7.81. The van der Waals surface area contributed by atoms with Crippen molar-refractivity contribution in [2.75, 3.05) is 58.3 Å². The molecule has 8 heteroatoms. The van der Waals surface area contributed by atoms with Crippen LogP contribution in [0.4, 0.5) is 10.1 Å². The van der Waals surface area contributed by atoms with Crippen LogP contribution in [0.1, 0.15) is 23.6 Å². The summed E-state index contributed by atoms with van der Waals surface area (Å²) >= 11 is 0. The molecule has 0 aliphatic carbocycles. The van der Waals surface area contributed by atoms with E-state index in [-0.39, 0.29) is 17.5 Å². The van der Waals surface area contributed by atoms with Gasteiger partial charge in [0.05, 0.1) is 4.90 Å². The highest BCUT2D eigenvalue weighted by Gasteiger charge is 2.27. The largest absolute Gasteiger partial charge is 0.374 e. The van der Waals surface area contributed by atoms with Crippen molar-refractivity contribution in [2.24, 2.45) is 0 Å². The third-order valence-electron chi connectivity index (χ3n) is 6.39. The lowest BCUT2D eigenvalue weighted by atomic mass is 9.95. The van der Waals surface area contributed by atoms with Gasteiger partial charge in [-0.3, -0.25) is 4.90 Å². The summed E-state index contributed by atoms with van der Waals surface area (Å²) in [6, 6.07) is 11.6. The zero-order valence-corrected chi connectivity index (χ0v) is 19.0. The first-order valence-electron chi connectivity index (χ1n) is 10.9. The van der Waals surface area contributed by atoms with Gasteiger partial charge in [-0.25, -0.2) is 17.5 Å². The fraction of sp³-hybridized carbons (Fsp3) is 0.478. The maximum absolute atomic E-state index is 13.6. The van der Waals surface area contributed by atoms with Crippen LogP contribution in [-0.2, 0) is 16.4 Å². The molecule has 168 valence electrons. The van der Waals surface area contributed by atoms with Crippen LogP contribution >= 0.6 is 0 Å². The number of likely N-dealkylation sites (N-methyl/N-ethyl adjacent to an activating group) is 1. The quantitative estimate of drug-likeness (QED) is 0.739. The van der Waals surface area contributed by atoms with Gasteiger partial charge in [0.1, 0.15) is 5.82 Å². The van der Waals surface area contributed by atoms with Gasteiger partial charge >= 0.3 is 0 Å². The molecule has 1 N–H and O–H groups in total. The number of aryl methyl sites for hydroxylation is 1. The van der Waals surface area contributed by atoms with Crippen LogP contribution in [-0.4, -0.2) is 71.6 Å². The Labute approximate surface area is 184 Å². The SMILES string of the molecule is CN1CCN([C@@H](CNS(=O)(=O)c2cccc(F)c2)c2ccc3c(c2)CCCN3C)CC1. The summed E-state index contributed by atoms with van der Waals surface area (Å²) in [6.07, 6.45) is 2.16. The standard InChI is InChI=1S/C23H31FN4O2S/c1-26-11-13-28(14-12-26)23(17-25-31(29,30)21-7-3-6-20(24)16-21)19-8-9-22-18(15-19)5-4-10-27(22)2/h3,6-9,15-16,23,25H,4-5,10-14,17H2,1-2H3/t23-/m0/s1. The number of halogens is 1. The lowest BCUT2D eigenvalue weighted by Gasteiger charge is -2.39. The van der Waals surface area contributed by atoms with Crippen LogP contribution < -0.4 is 9.62 Å². The van der Waals surface area contributed by atoms with Crippen molar-refractivity contribution in [2.45, 2.75) is 23.8 Å². The number of hydrogen-bond donors (Lipinski definition) is 1. The molecule has 31 heavy (non-hydrogen) atoms. The molecule has 0 radical (unpaired) electrons. The molecule has 1 saturated heterocycles. The lowest BCUT2D eigenvalue weighted by Crippen LogP contribution is -2.48. The van der Waals surface area contributed by atoms with Crippen molar-refractivity contribution in [1.29, 1.82) is 0 Å². The van der Waals surface area contributed by atoms with E-state index < -0.39 is 15.8 Å². The number of piperazine rings is 1. The van der Waals surface area contributed by atoms with E-state index in [4.69, 9.17) is 0 Å². The number of anilines is 1. The second-order valence-corrected chi connectivity index (χ2v) is 10.3. The predicted octanol–water partition coefficient (Wildman–Crippen LogP) is 2.48. The molecule has 0 unspecified atom stereocenters.